The number of alkyl halides is 2. The number of pyridine rings is 1. The van der Waals surface area contributed by atoms with Crippen molar-refractivity contribution in [1.82, 2.24) is 10.1 Å². The van der Waals surface area contributed by atoms with Crippen molar-refractivity contribution in [3.05, 3.63) is 30.3 Å². The Kier molecular flexibility index (Phi) is 3.16. The number of nitrogens with two attached hydrogens (primary N) is 1. The molecular formula is C14H15F2N3O. The molecule has 0 radical (unpaired) electrons. The molecule has 0 aromatic carbocycles. The van der Waals surface area contributed by atoms with Crippen molar-refractivity contribution in [3.63, 3.8) is 0 Å². The van der Waals surface area contributed by atoms with Crippen LogP contribution in [0, 0.1) is 0 Å². The second-order valence-corrected chi connectivity index (χ2v) is 5.18. The zero-order valence-corrected chi connectivity index (χ0v) is 10.9. The van der Waals surface area contributed by atoms with Crippen LogP contribution in [-0.2, 0) is 0 Å². The van der Waals surface area contributed by atoms with E-state index >= 15 is 0 Å². The minimum absolute atomic E-state index is 0.0605. The molecule has 0 spiro atoms. The lowest BCUT2D eigenvalue weighted by atomic mass is 9.83. The third kappa shape index (κ3) is 2.37. The third-order valence-corrected chi connectivity index (χ3v) is 3.78. The summed E-state index contributed by atoms with van der Waals surface area (Å²) in [6.45, 7) is 0. The predicted molar refractivity (Wildman–Crippen MR) is 70.3 cm³/mol. The second kappa shape index (κ2) is 4.85. The lowest BCUT2D eigenvalue weighted by Crippen LogP contribution is -2.23. The molecule has 4 nitrogen and oxygen atoms in total. The summed E-state index contributed by atoms with van der Waals surface area (Å²) < 4.78 is 31.8. The summed E-state index contributed by atoms with van der Waals surface area (Å²) in [4.78, 5) is 4.05. The average Bonchev–Trinajstić information content (AvgIpc) is 2.82. The van der Waals surface area contributed by atoms with Crippen molar-refractivity contribution in [2.45, 2.75) is 37.5 Å². The lowest BCUT2D eigenvalue weighted by Gasteiger charge is -2.27. The van der Waals surface area contributed by atoms with Crippen LogP contribution >= 0.6 is 0 Å². The van der Waals surface area contributed by atoms with Crippen LogP contribution in [0.2, 0.25) is 0 Å². The first kappa shape index (κ1) is 13.0. The van der Waals surface area contributed by atoms with Gasteiger partial charge in [0.25, 0.3) is 0 Å². The van der Waals surface area contributed by atoms with E-state index < -0.39 is 5.92 Å². The number of nitrogens with zero attached hydrogens (tertiary/aromatic N) is 2. The van der Waals surface area contributed by atoms with E-state index in [1.54, 1.807) is 18.5 Å². The van der Waals surface area contributed by atoms with Gasteiger partial charge in [-0.1, -0.05) is 11.2 Å². The highest BCUT2D eigenvalue weighted by atomic mass is 19.3. The number of nitrogen functional groups attached to an aromatic ring is 1. The van der Waals surface area contributed by atoms with Gasteiger partial charge in [-0.05, 0) is 18.9 Å². The highest BCUT2D eigenvalue weighted by Gasteiger charge is 2.38. The maximum absolute atomic E-state index is 13.2. The SMILES string of the molecule is Nc1noc(C2CCC(F)(F)CC2)c1-c1cccnc1. The first-order valence-electron chi connectivity index (χ1n) is 6.60. The van der Waals surface area contributed by atoms with Gasteiger partial charge >= 0.3 is 0 Å². The molecule has 0 unspecified atom stereocenters. The fourth-order valence-corrected chi connectivity index (χ4v) is 2.70. The smallest absolute Gasteiger partial charge is 0.248 e. The van der Waals surface area contributed by atoms with Crippen molar-refractivity contribution < 1.29 is 13.3 Å². The summed E-state index contributed by atoms with van der Waals surface area (Å²) >= 11 is 0. The van der Waals surface area contributed by atoms with Crippen LogP contribution in [0.3, 0.4) is 0 Å². The largest absolute Gasteiger partial charge is 0.380 e. The highest BCUT2D eigenvalue weighted by molar-refractivity contribution is 5.75. The van der Waals surface area contributed by atoms with E-state index in [-0.39, 0.29) is 24.6 Å². The normalized spacial score (nSPS) is 19.1. The van der Waals surface area contributed by atoms with Gasteiger partial charge in [0.2, 0.25) is 5.92 Å². The molecule has 2 aromatic rings. The molecule has 2 heterocycles. The standard InChI is InChI=1S/C14H15F2N3O/c15-14(16)5-3-9(4-6-14)12-11(13(17)19-20-12)10-2-1-7-18-8-10/h1-2,7-9H,3-6H2,(H2,17,19). The van der Waals surface area contributed by atoms with E-state index in [4.69, 9.17) is 10.3 Å². The average molecular weight is 279 g/mol. The van der Waals surface area contributed by atoms with E-state index in [1.807, 2.05) is 6.07 Å². The van der Waals surface area contributed by atoms with Crippen LogP contribution in [0.15, 0.2) is 29.0 Å². The molecule has 3 rings (SSSR count). The molecule has 1 saturated carbocycles. The summed E-state index contributed by atoms with van der Waals surface area (Å²) in [6.07, 6.45) is 3.86. The van der Waals surface area contributed by atoms with Crippen LogP contribution in [0.25, 0.3) is 11.1 Å². The number of hydrogen-bond donors (Lipinski definition) is 1. The molecule has 0 saturated heterocycles. The molecular weight excluding hydrogens is 264 g/mol. The maximum Gasteiger partial charge on any atom is 0.248 e. The van der Waals surface area contributed by atoms with Crippen LogP contribution in [0.4, 0.5) is 14.6 Å². The first-order chi connectivity index (χ1) is 9.57. The molecule has 1 fully saturated rings. The van der Waals surface area contributed by atoms with Gasteiger partial charge in [-0.25, -0.2) is 8.78 Å². The first-order valence-corrected chi connectivity index (χ1v) is 6.60. The zero-order chi connectivity index (χ0) is 14.2. The molecule has 106 valence electrons. The Labute approximate surface area is 115 Å². The quantitative estimate of drug-likeness (QED) is 0.912. The number of halogens is 2. The molecule has 1 aliphatic carbocycles. The fourth-order valence-electron chi connectivity index (χ4n) is 2.70. The van der Waals surface area contributed by atoms with Gasteiger partial charge in [-0.3, -0.25) is 4.98 Å². The summed E-state index contributed by atoms with van der Waals surface area (Å²) in [5.74, 6) is -1.73. The van der Waals surface area contributed by atoms with Crippen molar-refractivity contribution in [2.24, 2.45) is 0 Å². The molecule has 20 heavy (non-hydrogen) atoms. The topological polar surface area (TPSA) is 64.9 Å². The Morgan fingerprint density at radius 2 is 2.05 bits per heavy atom. The van der Waals surface area contributed by atoms with Crippen LogP contribution in [0.1, 0.15) is 37.4 Å². The van der Waals surface area contributed by atoms with Gasteiger partial charge in [-0.15, -0.1) is 0 Å². The van der Waals surface area contributed by atoms with Crippen LogP contribution in [0.5, 0.6) is 0 Å². The molecule has 2 N–H and O–H groups in total. The molecule has 0 aliphatic heterocycles. The van der Waals surface area contributed by atoms with Gasteiger partial charge in [0.15, 0.2) is 5.82 Å². The summed E-state index contributed by atoms with van der Waals surface area (Å²) in [7, 11) is 0. The summed E-state index contributed by atoms with van der Waals surface area (Å²) in [5, 5.41) is 3.79. The lowest BCUT2D eigenvalue weighted by molar-refractivity contribution is -0.0398. The number of rotatable bonds is 2. The molecule has 0 bridgehead atoms. The predicted octanol–water partition coefficient (Wildman–Crippen LogP) is 3.61. The molecule has 0 amide bonds. The van der Waals surface area contributed by atoms with E-state index in [0.29, 0.717) is 24.2 Å². The number of anilines is 1. The Morgan fingerprint density at radius 1 is 1.30 bits per heavy atom. The summed E-state index contributed by atoms with van der Waals surface area (Å²) in [5.41, 5.74) is 7.35. The van der Waals surface area contributed by atoms with E-state index in [1.165, 1.54) is 0 Å². The van der Waals surface area contributed by atoms with Crippen LogP contribution < -0.4 is 5.73 Å². The van der Waals surface area contributed by atoms with Gasteiger partial charge in [0.1, 0.15) is 5.76 Å². The van der Waals surface area contributed by atoms with E-state index in [0.717, 1.165) is 5.56 Å². The Balaban J connectivity index is 1.92. The zero-order valence-electron chi connectivity index (χ0n) is 10.9. The number of aromatic nitrogens is 2. The fraction of sp³-hybridized carbons (Fsp3) is 0.429. The Morgan fingerprint density at radius 3 is 2.70 bits per heavy atom. The Bertz CT molecular complexity index is 588. The molecule has 6 heteroatoms. The van der Waals surface area contributed by atoms with Crippen molar-refractivity contribution in [2.75, 3.05) is 5.73 Å². The highest BCUT2D eigenvalue weighted by Crippen LogP contribution is 2.44. The van der Waals surface area contributed by atoms with E-state index in [2.05, 4.69) is 10.1 Å². The minimum atomic E-state index is -2.56. The monoisotopic (exact) mass is 279 g/mol. The van der Waals surface area contributed by atoms with Gasteiger partial charge in [0, 0.05) is 36.7 Å². The molecule has 1 aliphatic rings. The van der Waals surface area contributed by atoms with Crippen LogP contribution in [-0.4, -0.2) is 16.1 Å². The second-order valence-electron chi connectivity index (χ2n) is 5.18. The maximum atomic E-state index is 13.2. The minimum Gasteiger partial charge on any atom is -0.380 e. The third-order valence-electron chi connectivity index (χ3n) is 3.78. The molecule has 0 atom stereocenters. The van der Waals surface area contributed by atoms with Crippen molar-refractivity contribution in [3.8, 4) is 11.1 Å². The van der Waals surface area contributed by atoms with Crippen molar-refractivity contribution >= 4 is 5.82 Å². The Hall–Kier alpha value is -1.98. The van der Waals surface area contributed by atoms with Gasteiger partial charge in [-0.2, -0.15) is 0 Å². The van der Waals surface area contributed by atoms with Crippen molar-refractivity contribution in [1.29, 1.82) is 0 Å². The van der Waals surface area contributed by atoms with Gasteiger partial charge in [0.05, 0.1) is 5.56 Å². The molecule has 2 aromatic heterocycles. The van der Waals surface area contributed by atoms with Gasteiger partial charge < -0.3 is 10.3 Å². The summed E-state index contributed by atoms with van der Waals surface area (Å²) in [6, 6.07) is 3.65. The van der Waals surface area contributed by atoms with E-state index in [9.17, 15) is 8.78 Å². The number of hydrogen-bond acceptors (Lipinski definition) is 4.